The number of anilines is 2. The van der Waals surface area contributed by atoms with Crippen LogP contribution in [0.5, 0.6) is 5.75 Å². The Balaban J connectivity index is 1.39. The van der Waals surface area contributed by atoms with Crippen molar-refractivity contribution in [2.75, 3.05) is 43.1 Å². The molecule has 3 aromatic heterocycles. The zero-order valence-corrected chi connectivity index (χ0v) is 17.0. The van der Waals surface area contributed by atoms with E-state index in [1.165, 1.54) is 10.9 Å². The third-order valence-corrected chi connectivity index (χ3v) is 5.44. The summed E-state index contributed by atoms with van der Waals surface area (Å²) in [5, 5.41) is 0.831. The third-order valence-electron chi connectivity index (χ3n) is 5.44. The van der Waals surface area contributed by atoms with Crippen LogP contribution >= 0.6 is 0 Å². The summed E-state index contributed by atoms with van der Waals surface area (Å²) in [6, 6.07) is 11.6. The number of aromatic nitrogens is 5. The Morgan fingerprint density at radius 3 is 2.42 bits per heavy atom. The van der Waals surface area contributed by atoms with Crippen LogP contribution in [0.4, 0.5) is 11.5 Å². The molecule has 1 aromatic carbocycles. The first kappa shape index (κ1) is 19.0. The topological polar surface area (TPSA) is 89.3 Å². The average molecular weight is 415 g/mol. The van der Waals surface area contributed by atoms with Crippen molar-refractivity contribution in [1.82, 2.24) is 24.5 Å². The van der Waals surface area contributed by atoms with E-state index in [4.69, 9.17) is 4.74 Å². The van der Waals surface area contributed by atoms with E-state index in [-0.39, 0.29) is 11.7 Å². The van der Waals surface area contributed by atoms with E-state index in [9.17, 15) is 4.79 Å². The predicted octanol–water partition coefficient (Wildman–Crippen LogP) is 2.25. The van der Waals surface area contributed by atoms with E-state index < -0.39 is 0 Å². The summed E-state index contributed by atoms with van der Waals surface area (Å²) in [4.78, 5) is 34.3. The Labute approximate surface area is 179 Å². The van der Waals surface area contributed by atoms with Crippen molar-refractivity contribution >= 4 is 28.4 Å². The second-order valence-electron chi connectivity index (χ2n) is 7.14. The number of nitrogens with zero attached hydrogens (tertiary/aromatic N) is 7. The number of para-hydroxylation sites is 2. The highest BCUT2D eigenvalue weighted by atomic mass is 16.5. The molecule has 0 amide bonds. The molecule has 0 N–H and O–H groups in total. The van der Waals surface area contributed by atoms with Gasteiger partial charge >= 0.3 is 5.91 Å². The minimum absolute atomic E-state index is 0.130. The van der Waals surface area contributed by atoms with Gasteiger partial charge in [-0.25, -0.2) is 19.9 Å². The Kier molecular flexibility index (Phi) is 4.91. The fraction of sp³-hybridized carbons (Fsp3) is 0.227. The summed E-state index contributed by atoms with van der Waals surface area (Å²) in [5.74, 6) is 1.51. The maximum Gasteiger partial charge on any atom is 0.301 e. The van der Waals surface area contributed by atoms with Gasteiger partial charge in [0.1, 0.15) is 17.9 Å². The Bertz CT molecular complexity index is 1220. The normalized spacial score (nSPS) is 14.1. The van der Waals surface area contributed by atoms with Gasteiger partial charge in [-0.1, -0.05) is 12.1 Å². The first-order valence-electron chi connectivity index (χ1n) is 10.0. The van der Waals surface area contributed by atoms with Crippen LogP contribution in [0.2, 0.25) is 0 Å². The first-order valence-corrected chi connectivity index (χ1v) is 10.0. The Morgan fingerprint density at radius 1 is 0.903 bits per heavy atom. The summed E-state index contributed by atoms with van der Waals surface area (Å²) >= 11 is 0. The molecule has 9 heteroatoms. The summed E-state index contributed by atoms with van der Waals surface area (Å²) in [5.41, 5.74) is 1.65. The van der Waals surface area contributed by atoms with Gasteiger partial charge in [-0.05, 0) is 24.3 Å². The number of carbonyl (C=O) groups excluding carboxylic acids is 1. The van der Waals surface area contributed by atoms with Crippen molar-refractivity contribution in [1.29, 1.82) is 0 Å². The number of methoxy groups -OCH3 is 1. The lowest BCUT2D eigenvalue weighted by molar-refractivity contribution is 0.0954. The van der Waals surface area contributed by atoms with Crippen LogP contribution in [-0.2, 0) is 0 Å². The first-order chi connectivity index (χ1) is 15.3. The quantitative estimate of drug-likeness (QED) is 0.501. The van der Waals surface area contributed by atoms with Gasteiger partial charge in [-0.15, -0.1) is 0 Å². The summed E-state index contributed by atoms with van der Waals surface area (Å²) in [7, 11) is 1.69. The zero-order chi connectivity index (χ0) is 21.2. The molecule has 156 valence electrons. The lowest BCUT2D eigenvalue weighted by Crippen LogP contribution is -2.47. The molecule has 1 aliphatic heterocycles. The number of carbonyl (C=O) groups is 1. The van der Waals surface area contributed by atoms with Gasteiger partial charge in [0.25, 0.3) is 0 Å². The highest BCUT2D eigenvalue weighted by Crippen LogP contribution is 2.30. The number of hydrogen-bond donors (Lipinski definition) is 0. The van der Waals surface area contributed by atoms with Gasteiger partial charge < -0.3 is 14.5 Å². The van der Waals surface area contributed by atoms with Crippen molar-refractivity contribution in [3.63, 3.8) is 0 Å². The van der Waals surface area contributed by atoms with Crippen molar-refractivity contribution in [3.8, 4) is 5.75 Å². The molecule has 0 spiro atoms. The number of rotatable bonds is 4. The summed E-state index contributed by atoms with van der Waals surface area (Å²) in [6.45, 7) is 3.27. The minimum atomic E-state index is -0.318. The molecule has 4 aromatic rings. The third kappa shape index (κ3) is 3.43. The molecule has 1 saturated heterocycles. The van der Waals surface area contributed by atoms with Gasteiger partial charge in [0, 0.05) is 44.8 Å². The van der Waals surface area contributed by atoms with E-state index in [1.54, 1.807) is 31.8 Å². The zero-order valence-electron chi connectivity index (χ0n) is 17.0. The van der Waals surface area contributed by atoms with Crippen molar-refractivity contribution in [3.05, 3.63) is 67.1 Å². The number of piperazine rings is 1. The van der Waals surface area contributed by atoms with E-state index in [2.05, 4.69) is 35.8 Å². The fourth-order valence-electron chi connectivity index (χ4n) is 3.92. The molecule has 9 nitrogen and oxygen atoms in total. The lowest BCUT2D eigenvalue weighted by Gasteiger charge is -2.37. The van der Waals surface area contributed by atoms with Crippen molar-refractivity contribution in [2.45, 2.75) is 0 Å². The lowest BCUT2D eigenvalue weighted by atomic mass is 10.2. The molecule has 0 aliphatic carbocycles. The van der Waals surface area contributed by atoms with Crippen molar-refractivity contribution < 1.29 is 9.53 Å². The fourth-order valence-corrected chi connectivity index (χ4v) is 3.92. The average Bonchev–Trinajstić information content (AvgIpc) is 3.28. The summed E-state index contributed by atoms with van der Waals surface area (Å²) < 4.78 is 6.98. The second-order valence-corrected chi connectivity index (χ2v) is 7.14. The van der Waals surface area contributed by atoms with Crippen LogP contribution in [0, 0.1) is 0 Å². The molecule has 4 heterocycles. The van der Waals surface area contributed by atoms with Crippen molar-refractivity contribution in [2.24, 2.45) is 0 Å². The van der Waals surface area contributed by atoms with Crippen LogP contribution in [0.1, 0.15) is 10.6 Å². The molecule has 1 fully saturated rings. The number of benzene rings is 1. The van der Waals surface area contributed by atoms with Gasteiger partial charge in [0.2, 0.25) is 5.82 Å². The molecule has 1 aliphatic rings. The van der Waals surface area contributed by atoms with E-state index in [0.29, 0.717) is 5.65 Å². The van der Waals surface area contributed by atoms with Gasteiger partial charge in [0.15, 0.2) is 5.65 Å². The highest BCUT2D eigenvalue weighted by Gasteiger charge is 2.24. The molecule has 5 rings (SSSR count). The standard InChI is InChI=1S/C22H21N7O2/c1-31-18-6-3-2-5-17(18)27-11-13-28(14-12-27)20-16-7-10-29(21(16)26-15-25-20)22(30)19-23-8-4-9-24-19/h2-10,15H,11-14H2,1H3. The molecule has 0 unspecified atom stereocenters. The Hall–Kier alpha value is -4.01. The molecule has 0 radical (unpaired) electrons. The highest BCUT2D eigenvalue weighted by molar-refractivity contribution is 6.00. The van der Waals surface area contributed by atoms with Crippen LogP contribution in [0.15, 0.2) is 61.3 Å². The van der Waals surface area contributed by atoms with E-state index in [0.717, 1.165) is 48.8 Å². The largest absolute Gasteiger partial charge is 0.495 e. The summed E-state index contributed by atoms with van der Waals surface area (Å²) in [6.07, 6.45) is 6.30. The maximum atomic E-state index is 12.8. The number of ether oxygens (including phenoxy) is 1. The minimum Gasteiger partial charge on any atom is -0.495 e. The van der Waals surface area contributed by atoms with E-state index >= 15 is 0 Å². The maximum absolute atomic E-state index is 12.8. The molecular weight excluding hydrogens is 394 g/mol. The molecule has 0 saturated carbocycles. The number of fused-ring (bicyclic) bond motifs is 1. The van der Waals surface area contributed by atoms with Gasteiger partial charge in [-0.2, -0.15) is 0 Å². The number of hydrogen-bond acceptors (Lipinski definition) is 8. The van der Waals surface area contributed by atoms with Crippen LogP contribution in [-0.4, -0.2) is 63.7 Å². The molecule has 0 atom stereocenters. The smallest absolute Gasteiger partial charge is 0.301 e. The van der Waals surface area contributed by atoms with Crippen LogP contribution in [0.3, 0.4) is 0 Å². The predicted molar refractivity (Wildman–Crippen MR) is 117 cm³/mol. The van der Waals surface area contributed by atoms with E-state index in [1.807, 2.05) is 24.3 Å². The second kappa shape index (κ2) is 8.02. The molecule has 31 heavy (non-hydrogen) atoms. The SMILES string of the molecule is COc1ccccc1N1CCN(c2ncnc3c2ccn3C(=O)c2ncccn2)CC1. The van der Waals surface area contributed by atoms with Crippen LogP contribution in [0.25, 0.3) is 11.0 Å². The van der Waals surface area contributed by atoms with Crippen LogP contribution < -0.4 is 14.5 Å². The Morgan fingerprint density at radius 2 is 1.65 bits per heavy atom. The van der Waals surface area contributed by atoms with Gasteiger partial charge in [-0.3, -0.25) is 9.36 Å². The van der Waals surface area contributed by atoms with Gasteiger partial charge in [0.05, 0.1) is 18.2 Å². The molecular formula is C22H21N7O2. The molecule has 0 bridgehead atoms. The monoisotopic (exact) mass is 415 g/mol.